The maximum atomic E-state index is 5.69. The van der Waals surface area contributed by atoms with Crippen LogP contribution in [0, 0.1) is 0 Å². The molecule has 0 fully saturated rings. The normalized spacial score (nSPS) is 13.0. The number of hydrogen-bond donors (Lipinski definition) is 1. The number of H-pyrrole nitrogens is 1. The lowest BCUT2D eigenvalue weighted by Gasteiger charge is -2.12. The van der Waals surface area contributed by atoms with E-state index < -0.39 is 0 Å². The Kier molecular flexibility index (Phi) is 5.60. The largest absolute Gasteiger partial charge is 0.414 e. The Bertz CT molecular complexity index is 278. The van der Waals surface area contributed by atoms with Crippen LogP contribution in [0.4, 0.5) is 0 Å². The lowest BCUT2D eigenvalue weighted by molar-refractivity contribution is 0.0450. The van der Waals surface area contributed by atoms with E-state index in [1.807, 2.05) is 6.20 Å². The van der Waals surface area contributed by atoms with E-state index in [9.17, 15) is 0 Å². The van der Waals surface area contributed by atoms with Gasteiger partial charge in [0.1, 0.15) is 11.9 Å². The molecule has 15 heavy (non-hydrogen) atoms. The molecule has 4 nitrogen and oxygen atoms in total. The van der Waals surface area contributed by atoms with Crippen molar-refractivity contribution in [2.24, 2.45) is 0 Å². The highest BCUT2D eigenvalue weighted by atomic mass is 28.2. The van der Waals surface area contributed by atoms with Crippen molar-refractivity contribution in [3.8, 4) is 0 Å². The van der Waals surface area contributed by atoms with Gasteiger partial charge in [0.05, 0.1) is 0 Å². The first kappa shape index (κ1) is 12.4. The third kappa shape index (κ3) is 3.77. The Balaban J connectivity index is 2.57. The fourth-order valence-corrected chi connectivity index (χ4v) is 1.83. The zero-order valence-electron chi connectivity index (χ0n) is 9.54. The molecule has 1 aromatic heterocycles. The van der Waals surface area contributed by atoms with Crippen molar-refractivity contribution < 1.29 is 9.16 Å². The highest BCUT2D eigenvalue weighted by Gasteiger charge is 2.13. The maximum absolute atomic E-state index is 5.69. The fraction of sp³-hybridized carbons (Fsp3) is 0.700. The van der Waals surface area contributed by atoms with Crippen LogP contribution >= 0.6 is 0 Å². The van der Waals surface area contributed by atoms with E-state index in [1.54, 1.807) is 7.11 Å². The summed E-state index contributed by atoms with van der Waals surface area (Å²) in [6.07, 6.45) is 3.86. The molecule has 1 aromatic rings. The highest BCUT2D eigenvalue weighted by Crippen LogP contribution is 2.16. The van der Waals surface area contributed by atoms with Gasteiger partial charge in [-0.05, 0) is 12.8 Å². The molecule has 0 saturated carbocycles. The smallest absolute Gasteiger partial charge is 0.288 e. The van der Waals surface area contributed by atoms with Crippen LogP contribution in [0.2, 0.25) is 0 Å². The molecular formula is C10H18N2O2Si. The van der Waals surface area contributed by atoms with Crippen molar-refractivity contribution in [1.29, 1.82) is 0 Å². The third-order valence-electron chi connectivity index (χ3n) is 2.01. The minimum atomic E-state index is 0.0837. The summed E-state index contributed by atoms with van der Waals surface area (Å²) < 4.78 is 10.7. The summed E-state index contributed by atoms with van der Waals surface area (Å²) in [5, 5.41) is 1.02. The zero-order chi connectivity index (χ0) is 11.1. The standard InChI is InChI=1S/C10H18N2O2Si/c1-4-6-14-8(5-2)10-11-7-9(12-10)15-13-3/h7-8H,4-6H2,1-3H3,(H,11,12). The average molecular weight is 226 g/mol. The van der Waals surface area contributed by atoms with Crippen LogP contribution in [0.5, 0.6) is 0 Å². The molecule has 0 bridgehead atoms. The van der Waals surface area contributed by atoms with Crippen molar-refractivity contribution >= 4 is 15.1 Å². The van der Waals surface area contributed by atoms with Crippen molar-refractivity contribution in [1.82, 2.24) is 9.97 Å². The fourth-order valence-electron chi connectivity index (χ4n) is 1.31. The van der Waals surface area contributed by atoms with Gasteiger partial charge in [0.15, 0.2) is 0 Å². The van der Waals surface area contributed by atoms with E-state index in [0.717, 1.165) is 30.6 Å². The molecule has 0 aliphatic rings. The van der Waals surface area contributed by atoms with Gasteiger partial charge in [-0.2, -0.15) is 0 Å². The number of ether oxygens (including phenoxy) is 1. The lowest BCUT2D eigenvalue weighted by atomic mass is 10.2. The molecular weight excluding hydrogens is 208 g/mol. The van der Waals surface area contributed by atoms with Crippen LogP contribution in [0.25, 0.3) is 0 Å². The van der Waals surface area contributed by atoms with Gasteiger partial charge in [0.2, 0.25) is 0 Å². The molecule has 0 spiro atoms. The number of imidazole rings is 1. The summed E-state index contributed by atoms with van der Waals surface area (Å²) in [6.45, 7) is 4.98. The predicted octanol–water partition coefficient (Wildman–Crippen LogP) is 1.18. The highest BCUT2D eigenvalue weighted by molar-refractivity contribution is 6.45. The second kappa shape index (κ2) is 6.76. The minimum Gasteiger partial charge on any atom is -0.414 e. The Hall–Kier alpha value is -0.653. The third-order valence-corrected chi connectivity index (χ3v) is 2.68. The van der Waals surface area contributed by atoms with Gasteiger partial charge in [-0.1, -0.05) is 13.8 Å². The first-order valence-electron chi connectivity index (χ1n) is 5.27. The number of hydrogen-bond acceptors (Lipinski definition) is 3. The topological polar surface area (TPSA) is 47.1 Å². The summed E-state index contributed by atoms with van der Waals surface area (Å²) in [4.78, 5) is 7.53. The summed E-state index contributed by atoms with van der Waals surface area (Å²) in [5.74, 6) is 0.908. The molecule has 2 radical (unpaired) electrons. The number of aromatic nitrogens is 2. The van der Waals surface area contributed by atoms with Crippen LogP contribution in [-0.2, 0) is 9.16 Å². The van der Waals surface area contributed by atoms with Gasteiger partial charge in [0, 0.05) is 25.2 Å². The van der Waals surface area contributed by atoms with E-state index in [-0.39, 0.29) is 6.10 Å². The molecule has 0 saturated heterocycles. The van der Waals surface area contributed by atoms with E-state index >= 15 is 0 Å². The molecule has 1 heterocycles. The molecule has 0 amide bonds. The zero-order valence-corrected chi connectivity index (χ0v) is 10.5. The van der Waals surface area contributed by atoms with Gasteiger partial charge in [-0.15, -0.1) is 0 Å². The molecule has 1 atom stereocenters. The first-order chi connectivity index (χ1) is 7.31. The van der Waals surface area contributed by atoms with Crippen molar-refractivity contribution in [3.63, 3.8) is 0 Å². The van der Waals surface area contributed by atoms with Crippen LogP contribution in [0.3, 0.4) is 0 Å². The number of nitrogens with zero attached hydrogens (tertiary/aromatic N) is 1. The molecule has 0 aromatic carbocycles. The second-order valence-electron chi connectivity index (χ2n) is 3.26. The predicted molar refractivity (Wildman–Crippen MR) is 60.3 cm³/mol. The maximum Gasteiger partial charge on any atom is 0.288 e. The van der Waals surface area contributed by atoms with Crippen LogP contribution in [0.15, 0.2) is 6.20 Å². The molecule has 84 valence electrons. The SMILES string of the molecule is CCCOC(CC)c1ncc([Si]OC)[nH]1. The quantitative estimate of drug-likeness (QED) is 0.710. The second-order valence-corrected chi connectivity index (χ2v) is 4.41. The van der Waals surface area contributed by atoms with E-state index in [0.29, 0.717) is 9.76 Å². The summed E-state index contributed by atoms with van der Waals surface area (Å²) in [5.41, 5.74) is 0. The molecule has 1 rings (SSSR count). The average Bonchev–Trinajstić information content (AvgIpc) is 2.68. The Morgan fingerprint density at radius 2 is 2.33 bits per heavy atom. The van der Waals surface area contributed by atoms with Gasteiger partial charge in [-0.25, -0.2) is 4.98 Å². The van der Waals surface area contributed by atoms with E-state index in [1.165, 1.54) is 0 Å². The minimum absolute atomic E-state index is 0.0837. The molecule has 1 N–H and O–H groups in total. The number of nitrogens with one attached hydrogen (secondary N) is 1. The summed E-state index contributed by atoms with van der Waals surface area (Å²) in [6, 6.07) is 0. The monoisotopic (exact) mass is 226 g/mol. The van der Waals surface area contributed by atoms with Crippen molar-refractivity contribution in [3.05, 3.63) is 12.0 Å². The molecule has 0 aliphatic heterocycles. The van der Waals surface area contributed by atoms with Crippen molar-refractivity contribution in [2.45, 2.75) is 32.8 Å². The molecule has 0 aliphatic carbocycles. The molecule has 5 heteroatoms. The van der Waals surface area contributed by atoms with Gasteiger partial charge in [-0.3, -0.25) is 0 Å². The van der Waals surface area contributed by atoms with Gasteiger partial charge < -0.3 is 14.1 Å². The van der Waals surface area contributed by atoms with Gasteiger partial charge >= 0.3 is 0 Å². The lowest BCUT2D eigenvalue weighted by Crippen LogP contribution is -2.17. The summed E-state index contributed by atoms with van der Waals surface area (Å²) >= 11 is 0. The summed E-state index contributed by atoms with van der Waals surface area (Å²) in [7, 11) is 2.02. The number of rotatable bonds is 7. The van der Waals surface area contributed by atoms with E-state index in [4.69, 9.17) is 9.16 Å². The molecule has 1 unspecified atom stereocenters. The van der Waals surface area contributed by atoms with Gasteiger partial charge in [0.25, 0.3) is 9.76 Å². The Morgan fingerprint density at radius 1 is 1.53 bits per heavy atom. The van der Waals surface area contributed by atoms with Crippen LogP contribution in [-0.4, -0.2) is 33.4 Å². The van der Waals surface area contributed by atoms with Crippen molar-refractivity contribution in [2.75, 3.05) is 13.7 Å². The number of aromatic amines is 1. The van der Waals surface area contributed by atoms with Crippen LogP contribution in [0.1, 0.15) is 38.6 Å². The first-order valence-corrected chi connectivity index (χ1v) is 6.18. The Morgan fingerprint density at radius 3 is 2.93 bits per heavy atom. The van der Waals surface area contributed by atoms with Crippen LogP contribution < -0.4 is 5.32 Å². The van der Waals surface area contributed by atoms with E-state index in [2.05, 4.69) is 23.8 Å². The Labute approximate surface area is 93.3 Å².